The molecule has 0 aromatic heterocycles. The zero-order chi connectivity index (χ0) is 13.0. The van der Waals surface area contributed by atoms with Gasteiger partial charge in [0.1, 0.15) is 0 Å². The Labute approximate surface area is 113 Å². The quantitative estimate of drug-likeness (QED) is 0.474. The molecule has 3 nitrogen and oxygen atoms in total. The molecule has 1 N–H and O–H groups in total. The van der Waals surface area contributed by atoms with Crippen molar-refractivity contribution >= 4 is 22.6 Å². The highest BCUT2D eigenvalue weighted by molar-refractivity contribution is 14.1. The molecule has 1 saturated heterocycles. The molecule has 0 aliphatic carbocycles. The maximum absolute atomic E-state index is 10.3. The van der Waals surface area contributed by atoms with Gasteiger partial charge in [-0.1, -0.05) is 22.6 Å². The van der Waals surface area contributed by atoms with Crippen LogP contribution >= 0.6 is 22.6 Å². The summed E-state index contributed by atoms with van der Waals surface area (Å²) in [5.74, 6) is 0. The van der Waals surface area contributed by atoms with E-state index in [1.54, 1.807) is 5.06 Å². The number of alkyl halides is 1. The maximum Gasteiger partial charge on any atom is 0.0948 e. The first-order valence-electron chi connectivity index (χ1n) is 5.80. The Balaban J connectivity index is 3.06. The van der Waals surface area contributed by atoms with Gasteiger partial charge in [0.25, 0.3) is 0 Å². The van der Waals surface area contributed by atoms with E-state index in [2.05, 4.69) is 71.4 Å². The van der Waals surface area contributed by atoms with Crippen molar-refractivity contribution in [3.8, 4) is 0 Å². The zero-order valence-corrected chi connectivity index (χ0v) is 13.8. The van der Waals surface area contributed by atoms with E-state index >= 15 is 0 Å². The molecule has 1 rings (SSSR count). The van der Waals surface area contributed by atoms with Crippen LogP contribution in [-0.2, 0) is 0 Å². The standard InChI is InChI=1S/C12H26IN2O/c1-10(2)8-12(13,9-15(5,6)7)11(3,4)14(10)16/h16H,8-9H2,1-7H3/q+1. The molecule has 16 heavy (non-hydrogen) atoms. The first-order chi connectivity index (χ1) is 6.82. The Hall–Kier alpha value is 0.610. The van der Waals surface area contributed by atoms with E-state index in [-0.39, 0.29) is 14.5 Å². The molecule has 1 unspecified atom stereocenters. The maximum atomic E-state index is 10.3. The average molecular weight is 341 g/mol. The van der Waals surface area contributed by atoms with Crippen molar-refractivity contribution in [2.45, 2.75) is 48.6 Å². The molecule has 1 atom stereocenters. The third kappa shape index (κ3) is 2.40. The van der Waals surface area contributed by atoms with Crippen molar-refractivity contribution < 1.29 is 9.69 Å². The van der Waals surface area contributed by atoms with Gasteiger partial charge < -0.3 is 9.69 Å². The molecule has 0 spiro atoms. The Kier molecular flexibility index (Phi) is 3.48. The third-order valence-electron chi connectivity index (χ3n) is 3.64. The van der Waals surface area contributed by atoms with Crippen LogP contribution in [0.2, 0.25) is 0 Å². The number of hydrogen-bond acceptors (Lipinski definition) is 2. The summed E-state index contributed by atoms with van der Waals surface area (Å²) >= 11 is 2.56. The van der Waals surface area contributed by atoms with Crippen LogP contribution in [0.4, 0.5) is 0 Å². The van der Waals surface area contributed by atoms with E-state index < -0.39 is 0 Å². The monoisotopic (exact) mass is 341 g/mol. The van der Waals surface area contributed by atoms with E-state index in [4.69, 9.17) is 0 Å². The van der Waals surface area contributed by atoms with Crippen LogP contribution in [0.15, 0.2) is 0 Å². The SMILES string of the molecule is CC1(C)CC(I)(C[N+](C)(C)C)C(C)(C)N1O. The van der Waals surface area contributed by atoms with Crippen LogP contribution in [-0.4, -0.2) is 56.9 Å². The van der Waals surface area contributed by atoms with Gasteiger partial charge in [0.05, 0.1) is 36.6 Å². The van der Waals surface area contributed by atoms with Crippen molar-refractivity contribution in [3.63, 3.8) is 0 Å². The van der Waals surface area contributed by atoms with Gasteiger partial charge in [-0.25, -0.2) is 0 Å². The minimum Gasteiger partial charge on any atom is -0.330 e. The summed E-state index contributed by atoms with van der Waals surface area (Å²) in [4.78, 5) is 0. The lowest BCUT2D eigenvalue weighted by molar-refractivity contribution is -0.872. The second-order valence-electron chi connectivity index (χ2n) is 7.27. The van der Waals surface area contributed by atoms with Gasteiger partial charge in [-0.15, -0.1) is 0 Å². The number of rotatable bonds is 2. The van der Waals surface area contributed by atoms with Gasteiger partial charge in [0.15, 0.2) is 0 Å². The molecule has 0 saturated carbocycles. The molecule has 1 fully saturated rings. The van der Waals surface area contributed by atoms with Crippen LogP contribution in [0.25, 0.3) is 0 Å². The predicted molar refractivity (Wildman–Crippen MR) is 76.1 cm³/mol. The molecule has 0 amide bonds. The topological polar surface area (TPSA) is 23.5 Å². The van der Waals surface area contributed by atoms with E-state index in [0.717, 1.165) is 17.4 Å². The summed E-state index contributed by atoms with van der Waals surface area (Å²) in [6.07, 6.45) is 1.01. The molecule has 0 radical (unpaired) electrons. The minimum absolute atomic E-state index is 0.0985. The van der Waals surface area contributed by atoms with Crippen molar-refractivity contribution in [3.05, 3.63) is 0 Å². The number of halogens is 1. The Bertz CT molecular complexity index is 279. The number of quaternary nitrogens is 1. The van der Waals surface area contributed by atoms with Crippen molar-refractivity contribution in [2.75, 3.05) is 27.7 Å². The molecular weight excluding hydrogens is 315 g/mol. The molecule has 0 aromatic rings. The highest BCUT2D eigenvalue weighted by atomic mass is 127. The van der Waals surface area contributed by atoms with Crippen LogP contribution in [0.1, 0.15) is 34.1 Å². The van der Waals surface area contributed by atoms with Crippen molar-refractivity contribution in [1.82, 2.24) is 5.06 Å². The smallest absolute Gasteiger partial charge is 0.0948 e. The van der Waals surface area contributed by atoms with E-state index in [1.807, 2.05) is 0 Å². The summed E-state index contributed by atoms with van der Waals surface area (Å²) in [7, 11) is 6.64. The second kappa shape index (κ2) is 3.80. The summed E-state index contributed by atoms with van der Waals surface area (Å²) in [5, 5.41) is 11.9. The molecule has 96 valence electrons. The predicted octanol–water partition coefficient (Wildman–Crippen LogP) is 2.52. The molecular formula is C12H26IN2O+. The lowest BCUT2D eigenvalue weighted by Gasteiger charge is -2.42. The van der Waals surface area contributed by atoms with Crippen LogP contribution in [0.5, 0.6) is 0 Å². The first-order valence-corrected chi connectivity index (χ1v) is 6.88. The molecule has 1 heterocycles. The zero-order valence-electron chi connectivity index (χ0n) is 11.6. The fraction of sp³-hybridized carbons (Fsp3) is 1.00. The van der Waals surface area contributed by atoms with Gasteiger partial charge in [-0.2, -0.15) is 5.06 Å². The second-order valence-corrected chi connectivity index (χ2v) is 9.34. The first kappa shape index (κ1) is 14.7. The molecule has 4 heteroatoms. The van der Waals surface area contributed by atoms with Crippen LogP contribution in [0.3, 0.4) is 0 Å². The lowest BCUT2D eigenvalue weighted by Crippen LogP contribution is -2.57. The number of nitrogens with zero attached hydrogens (tertiary/aromatic N) is 2. The Morgan fingerprint density at radius 3 is 1.88 bits per heavy atom. The number of hydroxylamine groups is 2. The third-order valence-corrected chi connectivity index (χ3v) is 5.68. The van der Waals surface area contributed by atoms with Gasteiger partial charge in [0, 0.05) is 5.54 Å². The molecule has 0 bridgehead atoms. The normalized spacial score (nSPS) is 34.3. The Morgan fingerprint density at radius 1 is 1.19 bits per heavy atom. The van der Waals surface area contributed by atoms with Crippen LogP contribution < -0.4 is 0 Å². The van der Waals surface area contributed by atoms with E-state index in [1.165, 1.54) is 0 Å². The fourth-order valence-corrected chi connectivity index (χ4v) is 5.11. The van der Waals surface area contributed by atoms with E-state index in [9.17, 15) is 5.21 Å². The molecule has 0 aromatic carbocycles. The summed E-state index contributed by atoms with van der Waals surface area (Å²) in [6, 6.07) is 0. The largest absolute Gasteiger partial charge is 0.330 e. The van der Waals surface area contributed by atoms with Crippen molar-refractivity contribution in [1.29, 1.82) is 0 Å². The summed E-state index contributed by atoms with van der Waals surface area (Å²) < 4.78 is 1.03. The lowest BCUT2D eigenvalue weighted by atomic mass is 9.86. The highest BCUT2D eigenvalue weighted by Gasteiger charge is 2.61. The van der Waals surface area contributed by atoms with Gasteiger partial charge in [-0.3, -0.25) is 0 Å². The van der Waals surface area contributed by atoms with Crippen molar-refractivity contribution in [2.24, 2.45) is 0 Å². The number of hydrogen-bond donors (Lipinski definition) is 1. The average Bonchev–Trinajstić information content (AvgIpc) is 2.06. The fourth-order valence-electron chi connectivity index (χ4n) is 2.92. The highest BCUT2D eigenvalue weighted by Crippen LogP contribution is 2.52. The Morgan fingerprint density at radius 2 is 1.62 bits per heavy atom. The minimum atomic E-state index is -0.192. The van der Waals surface area contributed by atoms with Gasteiger partial charge in [0.2, 0.25) is 0 Å². The summed E-state index contributed by atoms with van der Waals surface area (Å²) in [6.45, 7) is 9.57. The molecule has 1 aliphatic heterocycles. The van der Waals surface area contributed by atoms with E-state index in [0.29, 0.717) is 0 Å². The van der Waals surface area contributed by atoms with Crippen LogP contribution in [0, 0.1) is 0 Å². The molecule has 1 aliphatic rings. The van der Waals surface area contributed by atoms with Gasteiger partial charge >= 0.3 is 0 Å². The van der Waals surface area contributed by atoms with Gasteiger partial charge in [-0.05, 0) is 34.1 Å². The summed E-state index contributed by atoms with van der Waals surface area (Å²) in [5.41, 5.74) is -0.331.